The van der Waals surface area contributed by atoms with Crippen LogP contribution in [0.25, 0.3) is 11.3 Å². The van der Waals surface area contributed by atoms with Gasteiger partial charge in [0.25, 0.3) is 0 Å². The van der Waals surface area contributed by atoms with E-state index in [-0.39, 0.29) is 6.04 Å². The van der Waals surface area contributed by atoms with Crippen LogP contribution < -0.4 is 15.0 Å². The summed E-state index contributed by atoms with van der Waals surface area (Å²) < 4.78 is 50.2. The average molecular weight is 547 g/mol. The van der Waals surface area contributed by atoms with Crippen LogP contribution in [0.2, 0.25) is 0 Å². The fourth-order valence-corrected chi connectivity index (χ4v) is 4.82. The number of amides is 2. The van der Waals surface area contributed by atoms with E-state index in [0.29, 0.717) is 42.6 Å². The maximum atomic E-state index is 13.2. The van der Waals surface area contributed by atoms with Crippen LogP contribution >= 0.6 is 0 Å². The molecule has 2 aromatic carbocycles. The maximum Gasteiger partial charge on any atom is 0.416 e. The van der Waals surface area contributed by atoms with Crippen LogP contribution in [-0.2, 0) is 6.18 Å². The van der Waals surface area contributed by atoms with Crippen LogP contribution in [0, 0.1) is 6.92 Å². The Morgan fingerprint density at radius 3 is 2.41 bits per heavy atom. The number of anilines is 1. The lowest BCUT2D eigenvalue weighted by molar-refractivity contribution is -0.137. The lowest BCUT2D eigenvalue weighted by atomic mass is 9.91. The van der Waals surface area contributed by atoms with E-state index in [1.807, 2.05) is 25.1 Å². The number of rotatable bonds is 6. The van der Waals surface area contributed by atoms with E-state index in [1.165, 1.54) is 26.0 Å². The molecule has 8 nitrogen and oxygen atoms in total. The van der Waals surface area contributed by atoms with Gasteiger partial charge in [0.15, 0.2) is 11.7 Å². The number of urea groups is 1. The predicted octanol–water partition coefficient (Wildman–Crippen LogP) is 5.41. The molecule has 39 heavy (non-hydrogen) atoms. The van der Waals surface area contributed by atoms with Gasteiger partial charge in [-0.05, 0) is 50.6 Å². The van der Waals surface area contributed by atoms with Gasteiger partial charge in [-0.2, -0.15) is 13.2 Å². The van der Waals surface area contributed by atoms with E-state index in [4.69, 9.17) is 9.15 Å². The number of carbonyl (C=O) groups is 1. The molecule has 1 unspecified atom stereocenters. The molecule has 3 aromatic rings. The third-order valence-corrected chi connectivity index (χ3v) is 6.86. The summed E-state index contributed by atoms with van der Waals surface area (Å²) in [5, 5.41) is 13.5. The fourth-order valence-electron chi connectivity index (χ4n) is 4.82. The van der Waals surface area contributed by atoms with E-state index in [2.05, 4.69) is 15.2 Å². The van der Waals surface area contributed by atoms with Gasteiger partial charge in [-0.3, -0.25) is 0 Å². The molecular weight excluding hydrogens is 513 g/mol. The molecule has 1 fully saturated rings. The van der Waals surface area contributed by atoms with E-state index in [9.17, 15) is 23.1 Å². The van der Waals surface area contributed by atoms with Crippen molar-refractivity contribution in [2.24, 2.45) is 0 Å². The second kappa shape index (κ2) is 10.8. The molecule has 0 bridgehead atoms. The molecule has 1 aromatic heterocycles. The smallest absolute Gasteiger partial charge is 0.416 e. The third-order valence-electron chi connectivity index (χ3n) is 6.86. The number of aryl methyl sites for hydroxylation is 1. The number of oxazole rings is 1. The van der Waals surface area contributed by atoms with Crippen LogP contribution in [0.5, 0.6) is 5.75 Å². The highest BCUT2D eigenvalue weighted by Crippen LogP contribution is 2.36. The Bertz CT molecular complexity index is 1300. The summed E-state index contributed by atoms with van der Waals surface area (Å²) in [5.74, 6) is 1.81. The maximum absolute atomic E-state index is 13.2. The minimum Gasteiger partial charge on any atom is -0.496 e. The second-order valence-electron chi connectivity index (χ2n) is 10.3. The topological polar surface area (TPSA) is 91.1 Å². The molecule has 1 aliphatic heterocycles. The number of halogens is 3. The zero-order chi connectivity index (χ0) is 28.5. The second-order valence-corrected chi connectivity index (χ2v) is 10.3. The fraction of sp³-hybridized carbons (Fsp3) is 0.429. The largest absolute Gasteiger partial charge is 0.496 e. The van der Waals surface area contributed by atoms with Gasteiger partial charge in [0.2, 0.25) is 0 Å². The van der Waals surface area contributed by atoms with Crippen molar-refractivity contribution < 1.29 is 32.2 Å². The molecule has 1 saturated heterocycles. The summed E-state index contributed by atoms with van der Waals surface area (Å²) >= 11 is 0. The molecule has 210 valence electrons. The number of nitrogens with one attached hydrogen (secondary N) is 1. The number of nitrogens with zero attached hydrogens (tertiary/aromatic N) is 3. The van der Waals surface area contributed by atoms with Crippen LogP contribution in [0.4, 0.5) is 23.7 Å². The number of carbonyl (C=O) groups excluding carboxylic acids is 1. The highest BCUT2D eigenvalue weighted by molar-refractivity contribution is 5.76. The van der Waals surface area contributed by atoms with Gasteiger partial charge < -0.3 is 29.4 Å². The number of methoxy groups -OCH3 is 1. The van der Waals surface area contributed by atoms with Gasteiger partial charge in [-0.15, -0.1) is 0 Å². The monoisotopic (exact) mass is 546 g/mol. The van der Waals surface area contributed by atoms with Crippen LogP contribution in [0.15, 0.2) is 53.1 Å². The van der Waals surface area contributed by atoms with Crippen LogP contribution in [0.3, 0.4) is 0 Å². The van der Waals surface area contributed by atoms with Crippen molar-refractivity contribution in [3.63, 3.8) is 0 Å². The molecule has 2 N–H and O–H groups in total. The lowest BCUT2D eigenvalue weighted by Gasteiger charge is -2.42. The first-order valence-electron chi connectivity index (χ1n) is 12.6. The Hall–Kier alpha value is -3.73. The first-order chi connectivity index (χ1) is 18.3. The summed E-state index contributed by atoms with van der Waals surface area (Å²) in [6.07, 6.45) is -2.82. The first kappa shape index (κ1) is 28.3. The van der Waals surface area contributed by atoms with E-state index >= 15 is 0 Å². The molecule has 0 aliphatic carbocycles. The van der Waals surface area contributed by atoms with Crippen LogP contribution in [0.1, 0.15) is 43.8 Å². The number of alkyl halides is 3. The molecular formula is C28H33F3N4O4. The third kappa shape index (κ3) is 6.30. The summed E-state index contributed by atoms with van der Waals surface area (Å²) in [5.41, 5.74) is -0.113. The van der Waals surface area contributed by atoms with Crippen molar-refractivity contribution in [2.75, 3.05) is 31.6 Å². The Kier molecular flexibility index (Phi) is 7.83. The zero-order valence-electron chi connectivity index (χ0n) is 22.5. The first-order valence-corrected chi connectivity index (χ1v) is 12.6. The number of ether oxygens (including phenoxy) is 1. The molecule has 2 amide bonds. The number of hydrogen-bond donors (Lipinski definition) is 2. The summed E-state index contributed by atoms with van der Waals surface area (Å²) in [4.78, 5) is 21.2. The standard InChI is InChI=1S/C28H33F3N4O4/c1-17-16-34(26(36)33-25(27(3,4)37)19-6-8-20(9-7-19)28(29,30)31)12-13-35(17)21-10-11-22(23(14-21)38-5)24-15-32-18(2)39-24/h6-11,14-15,17,25,37H,12-13,16H2,1-5H3,(H,33,36)/t17-,25?/m0/s1. The van der Waals surface area contributed by atoms with E-state index < -0.39 is 29.4 Å². The van der Waals surface area contributed by atoms with Crippen LogP contribution in [-0.4, -0.2) is 59.4 Å². The van der Waals surface area contributed by atoms with Crippen molar-refractivity contribution in [3.05, 3.63) is 65.7 Å². The minimum absolute atomic E-state index is 0.0424. The van der Waals surface area contributed by atoms with E-state index in [0.717, 1.165) is 23.4 Å². The van der Waals surface area contributed by atoms with Gasteiger partial charge in [0, 0.05) is 44.4 Å². The van der Waals surface area contributed by atoms with Crippen molar-refractivity contribution in [1.29, 1.82) is 0 Å². The number of benzene rings is 2. The van der Waals surface area contributed by atoms with Crippen molar-refractivity contribution >= 4 is 11.7 Å². The summed E-state index contributed by atoms with van der Waals surface area (Å²) in [6.45, 7) is 8.15. The summed E-state index contributed by atoms with van der Waals surface area (Å²) in [6, 6.07) is 8.92. The Morgan fingerprint density at radius 2 is 1.87 bits per heavy atom. The predicted molar refractivity (Wildman–Crippen MR) is 141 cm³/mol. The van der Waals surface area contributed by atoms with Gasteiger partial charge in [0.1, 0.15) is 5.75 Å². The normalized spacial score (nSPS) is 17.2. The number of aliphatic hydroxyl groups is 1. The molecule has 11 heteroatoms. The van der Waals surface area contributed by atoms with Crippen molar-refractivity contribution in [1.82, 2.24) is 15.2 Å². The molecule has 4 rings (SSSR count). The van der Waals surface area contributed by atoms with Gasteiger partial charge in [-0.25, -0.2) is 9.78 Å². The Morgan fingerprint density at radius 1 is 1.18 bits per heavy atom. The molecule has 2 atom stereocenters. The quantitative estimate of drug-likeness (QED) is 0.430. The molecule has 1 aliphatic rings. The Labute approximate surface area is 225 Å². The van der Waals surface area contributed by atoms with Gasteiger partial charge in [-0.1, -0.05) is 12.1 Å². The van der Waals surface area contributed by atoms with Crippen molar-refractivity contribution in [2.45, 2.75) is 51.6 Å². The number of aromatic nitrogens is 1. The minimum atomic E-state index is -4.47. The van der Waals surface area contributed by atoms with Crippen molar-refractivity contribution in [3.8, 4) is 17.1 Å². The highest BCUT2D eigenvalue weighted by atomic mass is 19.4. The molecule has 2 heterocycles. The number of hydrogen-bond acceptors (Lipinski definition) is 6. The zero-order valence-corrected chi connectivity index (χ0v) is 22.5. The average Bonchev–Trinajstić information content (AvgIpc) is 3.31. The molecule has 0 radical (unpaired) electrons. The highest BCUT2D eigenvalue weighted by Gasteiger charge is 2.35. The molecule has 0 saturated carbocycles. The van der Waals surface area contributed by atoms with Gasteiger partial charge in [0.05, 0.1) is 36.1 Å². The van der Waals surface area contributed by atoms with Gasteiger partial charge >= 0.3 is 12.2 Å². The SMILES string of the molecule is COc1cc(N2CCN(C(=O)NC(c3ccc(C(F)(F)F)cc3)C(C)(C)O)C[C@@H]2C)ccc1-c1cnc(C)o1. The molecule has 0 spiro atoms. The lowest BCUT2D eigenvalue weighted by Crippen LogP contribution is -2.57. The van der Waals surface area contributed by atoms with E-state index in [1.54, 1.807) is 25.1 Å². The number of piperazine rings is 1. The Balaban J connectivity index is 1.46. The summed E-state index contributed by atoms with van der Waals surface area (Å²) in [7, 11) is 1.59.